The highest BCUT2D eigenvalue weighted by atomic mass is 32.2. The number of amides is 2. The highest BCUT2D eigenvalue weighted by molar-refractivity contribution is 7.91. The van der Waals surface area contributed by atoms with Gasteiger partial charge in [-0.25, -0.2) is 8.42 Å². The zero-order valence-corrected chi connectivity index (χ0v) is 23.1. The Bertz CT molecular complexity index is 1540. The Hall–Kier alpha value is -3.38. The van der Waals surface area contributed by atoms with Gasteiger partial charge in [-0.15, -0.1) is 0 Å². The van der Waals surface area contributed by atoms with E-state index in [2.05, 4.69) is 18.7 Å². The Labute approximate surface area is 230 Å². The van der Waals surface area contributed by atoms with Crippen LogP contribution in [0.1, 0.15) is 40.3 Å². The minimum Gasteiger partial charge on any atom is -0.336 e. The predicted molar refractivity (Wildman–Crippen MR) is 145 cm³/mol. The molecule has 0 spiro atoms. The van der Waals surface area contributed by atoms with Crippen LogP contribution < -0.4 is 0 Å². The molecule has 2 aliphatic heterocycles. The third-order valence-corrected chi connectivity index (χ3v) is 9.27. The molecule has 12 heteroatoms. The minimum absolute atomic E-state index is 0.00261. The van der Waals surface area contributed by atoms with Crippen molar-refractivity contribution in [2.75, 3.05) is 50.8 Å². The zero-order valence-electron chi connectivity index (χ0n) is 22.3. The molecule has 0 radical (unpaired) electrons. The van der Waals surface area contributed by atoms with Crippen LogP contribution in [0.3, 0.4) is 0 Å². The molecule has 2 aromatic carbocycles. The largest absolute Gasteiger partial charge is 0.416 e. The Morgan fingerprint density at radius 2 is 1.48 bits per heavy atom. The topological polar surface area (TPSA) is 82.9 Å². The van der Waals surface area contributed by atoms with Gasteiger partial charge in [0, 0.05) is 61.9 Å². The van der Waals surface area contributed by atoms with Gasteiger partial charge in [0.15, 0.2) is 9.84 Å². The van der Waals surface area contributed by atoms with Crippen molar-refractivity contribution in [1.82, 2.24) is 19.3 Å². The van der Waals surface area contributed by atoms with Gasteiger partial charge >= 0.3 is 6.18 Å². The molecular weight excluding hydrogens is 545 g/mol. The van der Waals surface area contributed by atoms with E-state index in [9.17, 15) is 31.2 Å². The molecule has 5 rings (SSSR count). The fourth-order valence-corrected chi connectivity index (χ4v) is 6.51. The normalized spacial score (nSPS) is 18.4. The van der Waals surface area contributed by atoms with E-state index in [4.69, 9.17) is 0 Å². The Morgan fingerprint density at radius 3 is 2.10 bits per heavy atom. The number of nitrogens with zero attached hydrogens (tertiary/aromatic N) is 4. The van der Waals surface area contributed by atoms with Crippen LogP contribution in [0.25, 0.3) is 16.6 Å². The summed E-state index contributed by atoms with van der Waals surface area (Å²) < 4.78 is 65.9. The van der Waals surface area contributed by atoms with Crippen molar-refractivity contribution < 1.29 is 31.2 Å². The molecule has 3 heterocycles. The van der Waals surface area contributed by atoms with E-state index in [-0.39, 0.29) is 41.9 Å². The van der Waals surface area contributed by atoms with Crippen LogP contribution >= 0.6 is 0 Å². The zero-order chi connectivity index (χ0) is 28.8. The van der Waals surface area contributed by atoms with E-state index >= 15 is 0 Å². The molecule has 8 nitrogen and oxygen atoms in total. The summed E-state index contributed by atoms with van der Waals surface area (Å²) in [6.07, 6.45) is -4.58. The molecule has 0 atom stereocenters. The lowest BCUT2D eigenvalue weighted by Gasteiger charge is -2.37. The van der Waals surface area contributed by atoms with Gasteiger partial charge in [0.1, 0.15) is 5.69 Å². The summed E-state index contributed by atoms with van der Waals surface area (Å²) in [5, 5.41) is 0.525. The first-order valence-electron chi connectivity index (χ1n) is 13.2. The van der Waals surface area contributed by atoms with Gasteiger partial charge in [0.25, 0.3) is 11.8 Å². The number of halogens is 3. The van der Waals surface area contributed by atoms with Crippen molar-refractivity contribution in [1.29, 1.82) is 0 Å². The number of hydrogen-bond donors (Lipinski definition) is 0. The van der Waals surface area contributed by atoms with Gasteiger partial charge < -0.3 is 14.4 Å². The van der Waals surface area contributed by atoms with Crippen LogP contribution in [0.4, 0.5) is 13.2 Å². The molecule has 0 aliphatic carbocycles. The molecular formula is C28H31F3N4O4S. The van der Waals surface area contributed by atoms with Crippen molar-refractivity contribution >= 4 is 32.6 Å². The second-order valence-corrected chi connectivity index (χ2v) is 12.9. The molecule has 2 saturated heterocycles. The van der Waals surface area contributed by atoms with Crippen molar-refractivity contribution in [3.05, 3.63) is 65.4 Å². The van der Waals surface area contributed by atoms with Crippen LogP contribution in [0.15, 0.2) is 48.5 Å². The lowest BCUT2D eigenvalue weighted by molar-refractivity contribution is -0.137. The van der Waals surface area contributed by atoms with Crippen LogP contribution in [-0.2, 0) is 16.0 Å². The van der Waals surface area contributed by atoms with Crippen LogP contribution in [0, 0.1) is 0 Å². The summed E-state index contributed by atoms with van der Waals surface area (Å²) in [5.41, 5.74) is 0.273. The van der Waals surface area contributed by atoms with Gasteiger partial charge in [-0.05, 0) is 56.3 Å². The number of benzene rings is 2. The van der Waals surface area contributed by atoms with Crippen LogP contribution in [0.5, 0.6) is 0 Å². The number of alkyl halides is 3. The standard InChI is InChI=1S/C28H31F3N4O4S/c1-19(2)32-8-10-33(11-9-32)26(36)20-6-7-24-21(16-20)17-25(27(37)34-12-14-40(38,39)15-13-34)35(24)23-5-3-4-22(18-23)28(29,30)31/h3-7,16-19H,8-15H2,1-2H3. The quantitative estimate of drug-likeness (QED) is 0.473. The number of rotatable bonds is 4. The van der Waals surface area contributed by atoms with E-state index < -0.39 is 27.5 Å². The monoisotopic (exact) mass is 576 g/mol. The second kappa shape index (κ2) is 10.5. The SMILES string of the molecule is CC(C)N1CCN(C(=O)c2ccc3c(c2)cc(C(=O)N2CCS(=O)(=O)CC2)n3-c2cccc(C(F)(F)F)c2)CC1. The third kappa shape index (κ3) is 5.60. The number of sulfone groups is 1. The predicted octanol–water partition coefficient (Wildman–Crippen LogP) is 3.69. The number of aromatic nitrogens is 1. The average Bonchev–Trinajstić information content (AvgIpc) is 3.31. The maximum Gasteiger partial charge on any atom is 0.416 e. The van der Waals surface area contributed by atoms with Crippen molar-refractivity contribution in [3.63, 3.8) is 0 Å². The minimum atomic E-state index is -4.58. The molecule has 1 aromatic heterocycles. The molecule has 0 bridgehead atoms. The number of carbonyl (C=O) groups is 2. The summed E-state index contributed by atoms with van der Waals surface area (Å²) in [6, 6.07) is 11.6. The fraction of sp³-hybridized carbons (Fsp3) is 0.429. The smallest absolute Gasteiger partial charge is 0.336 e. The maximum atomic E-state index is 13.6. The Balaban J connectivity index is 1.54. The second-order valence-electron chi connectivity index (χ2n) is 10.6. The summed E-state index contributed by atoms with van der Waals surface area (Å²) in [6.45, 7) is 6.92. The van der Waals surface area contributed by atoms with Crippen molar-refractivity contribution in [2.24, 2.45) is 0 Å². The van der Waals surface area contributed by atoms with Crippen LogP contribution in [-0.4, -0.2) is 96.3 Å². The number of piperazine rings is 1. The van der Waals surface area contributed by atoms with E-state index in [0.717, 1.165) is 25.2 Å². The fourth-order valence-electron chi connectivity index (χ4n) is 5.31. The molecule has 2 amide bonds. The van der Waals surface area contributed by atoms with Gasteiger partial charge in [0.05, 0.1) is 22.6 Å². The first kappa shape index (κ1) is 28.2. The maximum absolute atomic E-state index is 13.6. The molecule has 214 valence electrons. The van der Waals surface area contributed by atoms with E-state index in [1.807, 2.05) is 0 Å². The highest BCUT2D eigenvalue weighted by Crippen LogP contribution is 2.33. The van der Waals surface area contributed by atoms with E-state index in [0.29, 0.717) is 35.6 Å². The number of hydrogen-bond acceptors (Lipinski definition) is 5. The van der Waals surface area contributed by atoms with Gasteiger partial charge in [-0.2, -0.15) is 13.2 Å². The number of carbonyl (C=O) groups excluding carboxylic acids is 2. The summed E-state index contributed by atoms with van der Waals surface area (Å²) in [5.74, 6) is -0.983. The highest BCUT2D eigenvalue weighted by Gasteiger charge is 2.32. The first-order chi connectivity index (χ1) is 18.8. The van der Waals surface area contributed by atoms with E-state index in [1.54, 1.807) is 29.2 Å². The summed E-state index contributed by atoms with van der Waals surface area (Å²) in [4.78, 5) is 32.4. The van der Waals surface area contributed by atoms with Gasteiger partial charge in [-0.1, -0.05) is 6.07 Å². The summed E-state index contributed by atoms with van der Waals surface area (Å²) >= 11 is 0. The Morgan fingerprint density at radius 1 is 0.825 bits per heavy atom. The van der Waals surface area contributed by atoms with Crippen molar-refractivity contribution in [2.45, 2.75) is 26.1 Å². The molecule has 3 aromatic rings. The molecule has 0 unspecified atom stereocenters. The number of fused-ring (bicyclic) bond motifs is 1. The molecule has 2 fully saturated rings. The molecule has 0 N–H and O–H groups in total. The first-order valence-corrected chi connectivity index (χ1v) is 15.0. The lowest BCUT2D eigenvalue weighted by atomic mass is 10.1. The van der Waals surface area contributed by atoms with E-state index in [1.165, 1.54) is 21.6 Å². The van der Waals surface area contributed by atoms with Gasteiger partial charge in [-0.3, -0.25) is 14.5 Å². The molecule has 40 heavy (non-hydrogen) atoms. The van der Waals surface area contributed by atoms with Gasteiger partial charge in [0.2, 0.25) is 0 Å². The average molecular weight is 577 g/mol. The molecule has 0 saturated carbocycles. The summed E-state index contributed by atoms with van der Waals surface area (Å²) in [7, 11) is -3.25. The third-order valence-electron chi connectivity index (χ3n) is 7.66. The lowest BCUT2D eigenvalue weighted by Crippen LogP contribution is -2.50. The van der Waals surface area contributed by atoms with Crippen LogP contribution in [0.2, 0.25) is 0 Å². The van der Waals surface area contributed by atoms with Crippen molar-refractivity contribution in [3.8, 4) is 5.69 Å². The molecule has 2 aliphatic rings. The Kier molecular flexibility index (Phi) is 7.43.